The first-order valence-electron chi connectivity index (χ1n) is 19.6. The molecule has 4 rings (SSSR count). The van der Waals surface area contributed by atoms with Gasteiger partial charge in [0.2, 0.25) is 0 Å². The number of non-ortho nitro benzene ring substituents is 1. The summed E-state index contributed by atoms with van der Waals surface area (Å²) < 4.78 is 51.2. The van der Waals surface area contributed by atoms with Crippen molar-refractivity contribution in [2.75, 3.05) is 124 Å². The van der Waals surface area contributed by atoms with Crippen molar-refractivity contribution in [2.45, 2.75) is 5.60 Å². The third-order valence-corrected chi connectivity index (χ3v) is 8.64. The molecular formula is C43H55N3O13. The number of hydrogen-bond donors (Lipinski definition) is 1. The largest absolute Gasteiger partial charge is 0.377 e. The average Bonchev–Trinajstić information content (AvgIpc) is 3.26. The fourth-order valence-corrected chi connectivity index (χ4v) is 5.86. The number of nitrogens with one attached hydrogen (secondary N) is 1. The van der Waals surface area contributed by atoms with Crippen molar-refractivity contribution in [3.05, 3.63) is 146 Å². The van der Waals surface area contributed by atoms with E-state index in [1.54, 1.807) is 0 Å². The second-order valence-electron chi connectivity index (χ2n) is 12.7. The Morgan fingerprint density at radius 2 is 0.763 bits per heavy atom. The molecule has 0 aromatic heterocycles. The summed E-state index contributed by atoms with van der Waals surface area (Å²) in [4.78, 5) is 20.7. The number of hydrogen-bond acceptors (Lipinski definition) is 14. The van der Waals surface area contributed by atoms with E-state index in [0.717, 1.165) is 22.8 Å². The number of nitrogens with zero attached hydrogens (tertiary/aromatic N) is 2. The van der Waals surface area contributed by atoms with Gasteiger partial charge in [0.1, 0.15) is 11.3 Å². The molecule has 0 heterocycles. The van der Waals surface area contributed by atoms with E-state index >= 15 is 0 Å². The lowest BCUT2D eigenvalue weighted by Crippen LogP contribution is -2.34. The summed E-state index contributed by atoms with van der Waals surface area (Å²) in [5.41, 5.74) is 1.86. The van der Waals surface area contributed by atoms with E-state index in [9.17, 15) is 20.2 Å². The first kappa shape index (κ1) is 46.8. The molecule has 16 nitrogen and oxygen atoms in total. The van der Waals surface area contributed by atoms with Crippen molar-refractivity contribution < 1.29 is 52.5 Å². The minimum Gasteiger partial charge on any atom is -0.377 e. The fraction of sp³-hybridized carbons (Fsp3) is 0.442. The lowest BCUT2D eigenvalue weighted by molar-refractivity contribution is -0.393. The summed E-state index contributed by atoms with van der Waals surface area (Å²) in [5, 5.41) is 24.9. The van der Waals surface area contributed by atoms with Gasteiger partial charge in [-0.1, -0.05) is 91.0 Å². The normalized spacial score (nSPS) is 11.5. The van der Waals surface area contributed by atoms with Crippen LogP contribution < -0.4 is 5.32 Å². The number of ether oxygens (including phenoxy) is 9. The Morgan fingerprint density at radius 1 is 0.424 bits per heavy atom. The van der Waals surface area contributed by atoms with Gasteiger partial charge < -0.3 is 47.9 Å². The van der Waals surface area contributed by atoms with Crippen LogP contribution in [0.4, 0.5) is 17.1 Å². The molecule has 0 atom stereocenters. The summed E-state index contributed by atoms with van der Waals surface area (Å²) >= 11 is 0. The van der Waals surface area contributed by atoms with Crippen molar-refractivity contribution in [1.82, 2.24) is 0 Å². The minimum absolute atomic E-state index is 0.185. The highest BCUT2D eigenvalue weighted by atomic mass is 16.6. The van der Waals surface area contributed by atoms with Crippen LogP contribution in [0.1, 0.15) is 16.7 Å². The topological polar surface area (TPSA) is 181 Å². The summed E-state index contributed by atoms with van der Waals surface area (Å²) in [6.07, 6.45) is 0. The van der Waals surface area contributed by atoms with Crippen LogP contribution in [0, 0.1) is 20.2 Å². The van der Waals surface area contributed by atoms with Gasteiger partial charge in [0.05, 0.1) is 128 Å². The van der Waals surface area contributed by atoms with Crippen LogP contribution in [0.15, 0.2) is 109 Å². The monoisotopic (exact) mass is 821 g/mol. The van der Waals surface area contributed by atoms with Gasteiger partial charge in [-0.05, 0) is 22.8 Å². The van der Waals surface area contributed by atoms with E-state index < -0.39 is 15.4 Å². The molecular weight excluding hydrogens is 766 g/mol. The van der Waals surface area contributed by atoms with Crippen molar-refractivity contribution in [1.29, 1.82) is 0 Å². The van der Waals surface area contributed by atoms with Crippen LogP contribution >= 0.6 is 0 Å². The summed E-state index contributed by atoms with van der Waals surface area (Å²) in [5.74, 6) is 0. The van der Waals surface area contributed by atoms with Crippen LogP contribution in [-0.4, -0.2) is 129 Å². The number of nitro benzene ring substituents is 2. The first-order valence-corrected chi connectivity index (χ1v) is 19.6. The lowest BCUT2D eigenvalue weighted by atomic mass is 9.80. The van der Waals surface area contributed by atoms with Gasteiger partial charge in [0.15, 0.2) is 0 Å². The third kappa shape index (κ3) is 17.1. The quantitative estimate of drug-likeness (QED) is 0.0249. The van der Waals surface area contributed by atoms with Crippen LogP contribution in [-0.2, 0) is 48.2 Å². The molecule has 0 aliphatic rings. The molecule has 0 fully saturated rings. The molecule has 0 saturated heterocycles. The molecule has 4 aromatic rings. The maximum Gasteiger partial charge on any atom is 0.299 e. The van der Waals surface area contributed by atoms with Crippen LogP contribution in [0.3, 0.4) is 0 Å². The summed E-state index contributed by atoms with van der Waals surface area (Å²) in [6, 6.07) is 34.2. The van der Waals surface area contributed by atoms with E-state index in [0.29, 0.717) is 106 Å². The molecule has 0 unspecified atom stereocenters. The number of benzene rings is 4. The third-order valence-electron chi connectivity index (χ3n) is 8.64. The van der Waals surface area contributed by atoms with Crippen LogP contribution in [0.25, 0.3) is 0 Å². The molecule has 1 N–H and O–H groups in total. The highest BCUT2D eigenvalue weighted by Gasteiger charge is 2.37. The lowest BCUT2D eigenvalue weighted by Gasteiger charge is -2.36. The van der Waals surface area contributed by atoms with Crippen molar-refractivity contribution in [3.8, 4) is 0 Å². The van der Waals surface area contributed by atoms with Gasteiger partial charge in [-0.15, -0.1) is 0 Å². The van der Waals surface area contributed by atoms with Gasteiger partial charge in [0.25, 0.3) is 11.4 Å². The molecule has 0 spiro atoms. The van der Waals surface area contributed by atoms with Crippen molar-refractivity contribution in [2.24, 2.45) is 0 Å². The Bertz CT molecular complexity index is 1630. The average molecular weight is 822 g/mol. The second kappa shape index (κ2) is 28.5. The predicted molar refractivity (Wildman–Crippen MR) is 220 cm³/mol. The molecule has 16 heteroatoms. The standard InChI is InChI=1S/C43H55N3O13/c47-45(48)40-16-17-41(42(36-40)46(49)50)44-18-19-51-20-21-52-22-23-53-24-25-54-26-27-55-28-29-56-30-31-57-32-33-58-34-35-59-43(37-10-4-1-5-11-37,38-12-6-2-7-13-38)39-14-8-3-9-15-39/h1-17,36,44H,18-35H2. The SMILES string of the molecule is O=[N+]([O-])c1ccc(NCCOCCOCCOCCOCCOCCOCCOCCOCCOC(c2ccccc2)(c2ccccc2)c2ccccc2)c([N+](=O)[O-])c1. The Hall–Kier alpha value is -4.88. The van der Waals surface area contributed by atoms with Gasteiger partial charge in [-0.2, -0.15) is 0 Å². The summed E-state index contributed by atoms with van der Waals surface area (Å²) in [7, 11) is 0. The second-order valence-corrected chi connectivity index (χ2v) is 12.7. The van der Waals surface area contributed by atoms with Crippen molar-refractivity contribution in [3.63, 3.8) is 0 Å². The van der Waals surface area contributed by atoms with Gasteiger partial charge in [0, 0.05) is 12.6 Å². The Kier molecular flexibility index (Phi) is 22.6. The maximum absolute atomic E-state index is 11.2. The van der Waals surface area contributed by atoms with E-state index in [-0.39, 0.29) is 30.2 Å². The zero-order valence-corrected chi connectivity index (χ0v) is 33.3. The van der Waals surface area contributed by atoms with Gasteiger partial charge in [-0.3, -0.25) is 20.2 Å². The van der Waals surface area contributed by atoms with Gasteiger partial charge >= 0.3 is 0 Å². The highest BCUT2D eigenvalue weighted by Crippen LogP contribution is 2.40. The van der Waals surface area contributed by atoms with E-state index in [1.807, 2.05) is 54.6 Å². The highest BCUT2D eigenvalue weighted by molar-refractivity contribution is 5.65. The zero-order valence-electron chi connectivity index (χ0n) is 33.3. The van der Waals surface area contributed by atoms with E-state index in [4.69, 9.17) is 42.6 Å². The summed E-state index contributed by atoms with van der Waals surface area (Å²) in [6.45, 7) is 7.40. The fourth-order valence-electron chi connectivity index (χ4n) is 5.86. The molecule has 0 bridgehead atoms. The molecule has 0 amide bonds. The Labute approximate surface area is 344 Å². The van der Waals surface area contributed by atoms with Gasteiger partial charge in [-0.25, -0.2) is 0 Å². The van der Waals surface area contributed by atoms with E-state index in [1.165, 1.54) is 12.1 Å². The molecule has 320 valence electrons. The van der Waals surface area contributed by atoms with Crippen LogP contribution in [0.2, 0.25) is 0 Å². The smallest absolute Gasteiger partial charge is 0.299 e. The zero-order chi connectivity index (χ0) is 41.6. The molecule has 0 radical (unpaired) electrons. The number of nitro groups is 2. The maximum atomic E-state index is 11.2. The predicted octanol–water partition coefficient (Wildman–Crippen LogP) is 6.06. The number of rotatable bonds is 34. The first-order chi connectivity index (χ1) is 29.0. The molecule has 59 heavy (non-hydrogen) atoms. The molecule has 0 aliphatic heterocycles. The van der Waals surface area contributed by atoms with E-state index in [2.05, 4.69) is 41.7 Å². The Morgan fingerprint density at radius 3 is 1.10 bits per heavy atom. The van der Waals surface area contributed by atoms with Crippen LogP contribution in [0.5, 0.6) is 0 Å². The number of anilines is 1. The molecule has 0 saturated carbocycles. The molecule has 4 aromatic carbocycles. The minimum atomic E-state index is -0.769. The molecule has 0 aliphatic carbocycles. The Balaban J connectivity index is 0.895. The van der Waals surface area contributed by atoms with Crippen molar-refractivity contribution >= 4 is 17.1 Å².